The number of benzene rings is 2. The number of fused-ring (bicyclic) bond motifs is 1. The number of carbonyl (C=O) groups is 2. The molecule has 1 unspecified atom stereocenters. The summed E-state index contributed by atoms with van der Waals surface area (Å²) in [5, 5.41) is 3.23. The molecular formula is C23H25N3O5. The maximum Gasteiger partial charge on any atom is 0.308 e. The molecule has 0 fully saturated rings. The van der Waals surface area contributed by atoms with Gasteiger partial charge in [-0.25, -0.2) is 4.98 Å². The Kier molecular flexibility index (Phi) is 7.02. The molecule has 1 aromatic heterocycles. The quantitative estimate of drug-likeness (QED) is 0.559. The lowest BCUT2D eigenvalue weighted by Crippen LogP contribution is -2.35. The Morgan fingerprint density at radius 1 is 1.16 bits per heavy atom. The molecule has 0 bridgehead atoms. The molecule has 162 valence electrons. The van der Waals surface area contributed by atoms with Crippen LogP contribution >= 0.6 is 0 Å². The smallest absolute Gasteiger partial charge is 0.308 e. The van der Waals surface area contributed by atoms with Crippen LogP contribution in [0.2, 0.25) is 0 Å². The second-order valence-corrected chi connectivity index (χ2v) is 7.13. The molecule has 3 rings (SSSR count). The average molecular weight is 423 g/mol. The van der Waals surface area contributed by atoms with Gasteiger partial charge in [-0.05, 0) is 31.5 Å². The second kappa shape index (κ2) is 9.88. The van der Waals surface area contributed by atoms with Gasteiger partial charge in [0.15, 0.2) is 6.10 Å². The van der Waals surface area contributed by atoms with Gasteiger partial charge in [-0.1, -0.05) is 30.3 Å². The van der Waals surface area contributed by atoms with Gasteiger partial charge in [0.25, 0.3) is 11.5 Å². The molecule has 1 heterocycles. The third-order valence-corrected chi connectivity index (χ3v) is 4.94. The van der Waals surface area contributed by atoms with Crippen LogP contribution in [0.1, 0.15) is 24.5 Å². The fourth-order valence-corrected chi connectivity index (χ4v) is 3.19. The van der Waals surface area contributed by atoms with Crippen molar-refractivity contribution in [2.24, 2.45) is 0 Å². The fraction of sp³-hybridized carbons (Fsp3) is 0.304. The molecule has 31 heavy (non-hydrogen) atoms. The molecule has 8 nitrogen and oxygen atoms in total. The van der Waals surface area contributed by atoms with Crippen molar-refractivity contribution in [1.82, 2.24) is 14.9 Å². The number of hydrogen-bond donors (Lipinski definition) is 1. The third kappa shape index (κ3) is 5.28. The first-order valence-corrected chi connectivity index (χ1v) is 9.94. The van der Waals surface area contributed by atoms with E-state index in [2.05, 4.69) is 10.3 Å². The predicted octanol–water partition coefficient (Wildman–Crippen LogP) is 2.35. The van der Waals surface area contributed by atoms with Gasteiger partial charge >= 0.3 is 5.97 Å². The predicted molar refractivity (Wildman–Crippen MR) is 116 cm³/mol. The van der Waals surface area contributed by atoms with Crippen LogP contribution < -0.4 is 15.6 Å². The number of aromatic nitrogens is 2. The summed E-state index contributed by atoms with van der Waals surface area (Å²) in [6.07, 6.45) is 0.411. The molecule has 8 heteroatoms. The lowest BCUT2D eigenvalue weighted by Gasteiger charge is -2.15. The number of hydrogen-bond acceptors (Lipinski definition) is 6. The van der Waals surface area contributed by atoms with Gasteiger partial charge in [0.2, 0.25) is 0 Å². The van der Waals surface area contributed by atoms with Gasteiger partial charge in [0, 0.05) is 18.7 Å². The molecule has 1 amide bonds. The molecule has 1 atom stereocenters. The van der Waals surface area contributed by atoms with Crippen molar-refractivity contribution in [2.75, 3.05) is 7.11 Å². The van der Waals surface area contributed by atoms with Gasteiger partial charge in [-0.2, -0.15) is 0 Å². The van der Waals surface area contributed by atoms with Crippen LogP contribution in [0.5, 0.6) is 5.75 Å². The Hall–Kier alpha value is -3.68. The first-order chi connectivity index (χ1) is 14.9. The first kappa shape index (κ1) is 22.0. The van der Waals surface area contributed by atoms with Crippen LogP contribution in [0.4, 0.5) is 0 Å². The lowest BCUT2D eigenvalue weighted by atomic mass is 10.1. The van der Waals surface area contributed by atoms with Gasteiger partial charge in [0.1, 0.15) is 5.75 Å². The van der Waals surface area contributed by atoms with E-state index >= 15 is 0 Å². The Morgan fingerprint density at radius 3 is 2.71 bits per heavy atom. The number of nitrogens with one attached hydrogen (secondary N) is 1. The van der Waals surface area contributed by atoms with Gasteiger partial charge < -0.3 is 14.8 Å². The summed E-state index contributed by atoms with van der Waals surface area (Å²) in [6.45, 7) is 3.76. The molecule has 0 aliphatic carbocycles. The summed E-state index contributed by atoms with van der Waals surface area (Å²) in [4.78, 5) is 41.3. The van der Waals surface area contributed by atoms with Crippen molar-refractivity contribution in [2.45, 2.75) is 39.5 Å². The number of methoxy groups -OCH3 is 1. The van der Waals surface area contributed by atoms with Crippen LogP contribution in [-0.2, 0) is 27.4 Å². The number of aryl methyl sites for hydroxylation is 2. The molecule has 1 N–H and O–H groups in total. The number of para-hydroxylation sites is 2. The summed E-state index contributed by atoms with van der Waals surface area (Å²) in [5.74, 6) is -0.326. The van der Waals surface area contributed by atoms with Crippen molar-refractivity contribution in [3.05, 3.63) is 70.3 Å². The molecular weight excluding hydrogens is 398 g/mol. The molecule has 0 radical (unpaired) electrons. The molecule has 2 aromatic carbocycles. The number of carbonyl (C=O) groups excluding carboxylic acids is 2. The first-order valence-electron chi connectivity index (χ1n) is 9.94. The van der Waals surface area contributed by atoms with Crippen molar-refractivity contribution >= 4 is 22.8 Å². The van der Waals surface area contributed by atoms with Gasteiger partial charge in [-0.3, -0.25) is 19.0 Å². The highest BCUT2D eigenvalue weighted by Crippen LogP contribution is 2.16. The monoisotopic (exact) mass is 423 g/mol. The van der Waals surface area contributed by atoms with Crippen molar-refractivity contribution in [3.8, 4) is 5.75 Å². The molecule has 0 saturated heterocycles. The molecule has 0 spiro atoms. The molecule has 3 aromatic rings. The highest BCUT2D eigenvalue weighted by atomic mass is 16.5. The highest BCUT2D eigenvalue weighted by molar-refractivity contribution is 5.83. The number of ether oxygens (including phenoxy) is 2. The highest BCUT2D eigenvalue weighted by Gasteiger charge is 2.18. The Labute approximate surface area is 179 Å². The van der Waals surface area contributed by atoms with E-state index in [9.17, 15) is 14.4 Å². The largest absolute Gasteiger partial charge is 0.496 e. The fourth-order valence-electron chi connectivity index (χ4n) is 3.19. The zero-order valence-corrected chi connectivity index (χ0v) is 17.8. The van der Waals surface area contributed by atoms with Gasteiger partial charge in [0.05, 0.1) is 30.8 Å². The number of amides is 1. The van der Waals surface area contributed by atoms with Gasteiger partial charge in [-0.15, -0.1) is 0 Å². The summed E-state index contributed by atoms with van der Waals surface area (Å²) >= 11 is 0. The molecule has 0 aliphatic heterocycles. The summed E-state index contributed by atoms with van der Waals surface area (Å²) in [6, 6.07) is 12.7. The van der Waals surface area contributed by atoms with Crippen molar-refractivity contribution in [1.29, 1.82) is 0 Å². The zero-order valence-electron chi connectivity index (χ0n) is 17.8. The van der Waals surface area contributed by atoms with E-state index in [0.717, 1.165) is 11.1 Å². The van der Waals surface area contributed by atoms with Crippen molar-refractivity contribution in [3.63, 3.8) is 0 Å². The number of esters is 1. The topological polar surface area (TPSA) is 99.5 Å². The Morgan fingerprint density at radius 2 is 1.94 bits per heavy atom. The SMILES string of the molecule is COc1ccccc1CNC(=O)C(C)OC(=O)CCn1cnc2c(C)cccc2c1=O. The average Bonchev–Trinajstić information content (AvgIpc) is 2.77. The Balaban J connectivity index is 1.53. The molecule has 0 aliphatic rings. The van der Waals surface area contributed by atoms with Crippen LogP contribution in [0.15, 0.2) is 53.6 Å². The minimum Gasteiger partial charge on any atom is -0.496 e. The summed E-state index contributed by atoms with van der Waals surface area (Å²) < 4.78 is 11.8. The zero-order chi connectivity index (χ0) is 22.4. The summed E-state index contributed by atoms with van der Waals surface area (Å²) in [5.41, 5.74) is 2.15. The number of rotatable bonds is 8. The third-order valence-electron chi connectivity index (χ3n) is 4.94. The minimum atomic E-state index is -0.962. The second-order valence-electron chi connectivity index (χ2n) is 7.13. The van der Waals surface area contributed by atoms with E-state index in [4.69, 9.17) is 9.47 Å². The maximum atomic E-state index is 12.6. The maximum absolute atomic E-state index is 12.6. The standard InChI is InChI=1S/C23H25N3O5/c1-15-7-6-9-18-21(15)25-14-26(23(18)29)12-11-20(27)31-16(2)22(28)24-13-17-8-4-5-10-19(17)30-3/h4-10,14,16H,11-13H2,1-3H3,(H,24,28). The van der Waals surface area contributed by atoms with E-state index in [1.54, 1.807) is 25.3 Å². The Bertz CT molecular complexity index is 1160. The van der Waals surface area contributed by atoms with E-state index < -0.39 is 18.0 Å². The summed E-state index contributed by atoms with van der Waals surface area (Å²) in [7, 11) is 1.56. The van der Waals surface area contributed by atoms with E-state index in [1.807, 2.05) is 31.2 Å². The van der Waals surface area contributed by atoms with E-state index in [-0.39, 0.29) is 25.1 Å². The van der Waals surface area contributed by atoms with Crippen LogP contribution in [0, 0.1) is 6.92 Å². The molecule has 0 saturated carbocycles. The van der Waals surface area contributed by atoms with Crippen molar-refractivity contribution < 1.29 is 19.1 Å². The van der Waals surface area contributed by atoms with Crippen LogP contribution in [0.25, 0.3) is 10.9 Å². The van der Waals surface area contributed by atoms with Crippen LogP contribution in [-0.4, -0.2) is 34.6 Å². The van der Waals surface area contributed by atoms with Crippen LogP contribution in [0.3, 0.4) is 0 Å². The number of nitrogens with zero attached hydrogens (tertiary/aromatic N) is 2. The van der Waals surface area contributed by atoms with E-state index in [1.165, 1.54) is 17.8 Å². The minimum absolute atomic E-state index is 0.0525. The van der Waals surface area contributed by atoms with E-state index in [0.29, 0.717) is 16.7 Å². The normalized spacial score (nSPS) is 11.7. The lowest BCUT2D eigenvalue weighted by molar-refractivity contribution is -0.155.